The Labute approximate surface area is 125 Å². The summed E-state index contributed by atoms with van der Waals surface area (Å²) in [5.74, 6) is 0.657. The third-order valence-corrected chi connectivity index (χ3v) is 3.06. The summed E-state index contributed by atoms with van der Waals surface area (Å²) < 4.78 is 5.68. The van der Waals surface area contributed by atoms with Crippen molar-refractivity contribution in [2.75, 3.05) is 11.1 Å². The van der Waals surface area contributed by atoms with Crippen LogP contribution in [0.2, 0.25) is 0 Å². The molecule has 0 unspecified atom stereocenters. The van der Waals surface area contributed by atoms with Gasteiger partial charge in [-0.25, -0.2) is 0 Å². The minimum atomic E-state index is 0.0613. The van der Waals surface area contributed by atoms with Gasteiger partial charge in [0.05, 0.1) is 29.1 Å². The lowest BCUT2D eigenvalue weighted by atomic mass is 10.1. The van der Waals surface area contributed by atoms with Gasteiger partial charge >= 0.3 is 0 Å². The third-order valence-electron chi connectivity index (χ3n) is 3.06. The standard InChI is InChI=1S/C17H19N3O/c1-11(2)21-16-6-4-5-14(17(16)19)20-15-9-13(10-18)8-7-12(15)3/h4-9,11,20H,19H2,1-3H3. The van der Waals surface area contributed by atoms with E-state index in [4.69, 9.17) is 15.7 Å². The highest BCUT2D eigenvalue weighted by Crippen LogP contribution is 2.33. The molecule has 2 aromatic rings. The van der Waals surface area contributed by atoms with Crippen molar-refractivity contribution in [1.82, 2.24) is 0 Å². The number of para-hydroxylation sites is 1. The molecule has 3 N–H and O–H groups in total. The van der Waals surface area contributed by atoms with Gasteiger partial charge in [-0.1, -0.05) is 12.1 Å². The molecule has 0 aliphatic carbocycles. The van der Waals surface area contributed by atoms with E-state index in [1.807, 2.05) is 51.1 Å². The van der Waals surface area contributed by atoms with Crippen molar-refractivity contribution in [2.45, 2.75) is 26.9 Å². The van der Waals surface area contributed by atoms with Gasteiger partial charge in [0.1, 0.15) is 5.75 Å². The maximum absolute atomic E-state index is 8.99. The number of hydrogen-bond donors (Lipinski definition) is 2. The first kappa shape index (κ1) is 14.7. The molecule has 0 heterocycles. The number of nitriles is 1. The Hall–Kier alpha value is -2.67. The average Bonchev–Trinajstić information content (AvgIpc) is 2.45. The fraction of sp³-hybridized carbons (Fsp3) is 0.235. The lowest BCUT2D eigenvalue weighted by molar-refractivity contribution is 0.244. The number of ether oxygens (including phenoxy) is 1. The molecular weight excluding hydrogens is 262 g/mol. The van der Waals surface area contributed by atoms with Gasteiger partial charge in [0.25, 0.3) is 0 Å². The van der Waals surface area contributed by atoms with Gasteiger partial charge in [-0.3, -0.25) is 0 Å². The van der Waals surface area contributed by atoms with E-state index in [1.54, 1.807) is 6.07 Å². The zero-order valence-electron chi connectivity index (χ0n) is 12.5. The highest BCUT2D eigenvalue weighted by molar-refractivity contribution is 5.78. The van der Waals surface area contributed by atoms with Gasteiger partial charge in [-0.2, -0.15) is 5.26 Å². The normalized spacial score (nSPS) is 10.2. The molecule has 0 aliphatic rings. The van der Waals surface area contributed by atoms with Crippen LogP contribution >= 0.6 is 0 Å². The summed E-state index contributed by atoms with van der Waals surface area (Å²) in [6.07, 6.45) is 0.0613. The highest BCUT2D eigenvalue weighted by Gasteiger charge is 2.09. The van der Waals surface area contributed by atoms with Gasteiger partial charge in [0.2, 0.25) is 0 Å². The van der Waals surface area contributed by atoms with E-state index in [9.17, 15) is 0 Å². The first-order chi connectivity index (χ1) is 10.0. The highest BCUT2D eigenvalue weighted by atomic mass is 16.5. The molecular formula is C17H19N3O. The Morgan fingerprint density at radius 1 is 1.19 bits per heavy atom. The van der Waals surface area contributed by atoms with Crippen LogP contribution in [0.4, 0.5) is 17.1 Å². The fourth-order valence-corrected chi connectivity index (χ4v) is 1.98. The molecule has 0 saturated carbocycles. The van der Waals surface area contributed by atoms with Crippen LogP contribution < -0.4 is 15.8 Å². The molecule has 0 fully saturated rings. The molecule has 0 aliphatic heterocycles. The molecule has 4 nitrogen and oxygen atoms in total. The van der Waals surface area contributed by atoms with E-state index in [1.165, 1.54) is 0 Å². The van der Waals surface area contributed by atoms with E-state index in [0.29, 0.717) is 17.0 Å². The van der Waals surface area contributed by atoms with Gasteiger partial charge in [-0.15, -0.1) is 0 Å². The molecule has 0 saturated heterocycles. The minimum absolute atomic E-state index is 0.0613. The van der Waals surface area contributed by atoms with Crippen LogP contribution in [-0.2, 0) is 0 Å². The first-order valence-electron chi connectivity index (χ1n) is 6.84. The number of nitrogens with one attached hydrogen (secondary N) is 1. The molecule has 0 spiro atoms. The molecule has 2 aromatic carbocycles. The van der Waals surface area contributed by atoms with E-state index in [-0.39, 0.29) is 6.10 Å². The Balaban J connectivity index is 2.34. The smallest absolute Gasteiger partial charge is 0.144 e. The number of aryl methyl sites for hydroxylation is 1. The second-order valence-corrected chi connectivity index (χ2v) is 5.15. The lowest BCUT2D eigenvalue weighted by Gasteiger charge is -2.16. The number of anilines is 3. The summed E-state index contributed by atoms with van der Waals surface area (Å²) in [7, 11) is 0. The van der Waals surface area contributed by atoms with E-state index in [2.05, 4.69) is 11.4 Å². The van der Waals surface area contributed by atoms with Crippen molar-refractivity contribution in [1.29, 1.82) is 5.26 Å². The predicted molar refractivity (Wildman–Crippen MR) is 85.8 cm³/mol. The molecule has 0 atom stereocenters. The van der Waals surface area contributed by atoms with Crippen molar-refractivity contribution >= 4 is 17.1 Å². The van der Waals surface area contributed by atoms with Crippen molar-refractivity contribution in [3.05, 3.63) is 47.5 Å². The first-order valence-corrected chi connectivity index (χ1v) is 6.84. The summed E-state index contributed by atoms with van der Waals surface area (Å²) in [6.45, 7) is 5.90. The largest absolute Gasteiger partial charge is 0.489 e. The topological polar surface area (TPSA) is 71.1 Å². The summed E-state index contributed by atoms with van der Waals surface area (Å²) >= 11 is 0. The molecule has 0 amide bonds. The SMILES string of the molecule is Cc1ccc(C#N)cc1Nc1cccc(OC(C)C)c1N. The van der Waals surface area contributed by atoms with Gasteiger partial charge in [0, 0.05) is 5.69 Å². The molecule has 0 aromatic heterocycles. The molecule has 0 bridgehead atoms. The maximum Gasteiger partial charge on any atom is 0.144 e. The number of nitrogens with two attached hydrogens (primary N) is 1. The summed E-state index contributed by atoms with van der Waals surface area (Å²) in [4.78, 5) is 0. The minimum Gasteiger partial charge on any atom is -0.489 e. The quantitative estimate of drug-likeness (QED) is 0.831. The monoisotopic (exact) mass is 281 g/mol. The number of hydrogen-bond acceptors (Lipinski definition) is 4. The van der Waals surface area contributed by atoms with Crippen molar-refractivity contribution in [3.63, 3.8) is 0 Å². The average molecular weight is 281 g/mol. The Morgan fingerprint density at radius 3 is 2.62 bits per heavy atom. The lowest BCUT2D eigenvalue weighted by Crippen LogP contribution is -2.08. The van der Waals surface area contributed by atoms with Gasteiger partial charge in [-0.05, 0) is 50.6 Å². The third kappa shape index (κ3) is 3.46. The zero-order valence-corrected chi connectivity index (χ0v) is 12.5. The Bertz CT molecular complexity index is 687. The number of benzene rings is 2. The van der Waals surface area contributed by atoms with Gasteiger partial charge < -0.3 is 15.8 Å². The summed E-state index contributed by atoms with van der Waals surface area (Å²) in [5, 5.41) is 12.3. The molecule has 2 rings (SSSR count). The van der Waals surface area contributed by atoms with Crippen LogP contribution in [0.1, 0.15) is 25.0 Å². The summed E-state index contributed by atoms with van der Waals surface area (Å²) in [5.41, 5.74) is 10.00. The molecule has 21 heavy (non-hydrogen) atoms. The second kappa shape index (κ2) is 6.19. The number of nitrogens with zero attached hydrogens (tertiary/aromatic N) is 1. The van der Waals surface area contributed by atoms with Crippen LogP contribution in [0, 0.1) is 18.3 Å². The number of rotatable bonds is 4. The molecule has 4 heteroatoms. The van der Waals surface area contributed by atoms with Crippen LogP contribution in [0.3, 0.4) is 0 Å². The van der Waals surface area contributed by atoms with Gasteiger partial charge in [0.15, 0.2) is 0 Å². The van der Waals surface area contributed by atoms with Crippen LogP contribution in [-0.4, -0.2) is 6.10 Å². The zero-order chi connectivity index (χ0) is 15.4. The molecule has 108 valence electrons. The summed E-state index contributed by atoms with van der Waals surface area (Å²) in [6, 6.07) is 13.3. The van der Waals surface area contributed by atoms with Crippen molar-refractivity contribution < 1.29 is 4.74 Å². The fourth-order valence-electron chi connectivity index (χ4n) is 1.98. The number of nitrogen functional groups attached to an aromatic ring is 1. The predicted octanol–water partition coefficient (Wildman–Crippen LogP) is 3.98. The maximum atomic E-state index is 8.99. The second-order valence-electron chi connectivity index (χ2n) is 5.15. The van der Waals surface area contributed by atoms with Crippen molar-refractivity contribution in [3.8, 4) is 11.8 Å². The Kier molecular flexibility index (Phi) is 4.34. The van der Waals surface area contributed by atoms with Crippen LogP contribution in [0.15, 0.2) is 36.4 Å². The Morgan fingerprint density at radius 2 is 1.95 bits per heavy atom. The van der Waals surface area contributed by atoms with E-state index < -0.39 is 0 Å². The van der Waals surface area contributed by atoms with E-state index >= 15 is 0 Å². The van der Waals surface area contributed by atoms with Crippen LogP contribution in [0.5, 0.6) is 5.75 Å². The van der Waals surface area contributed by atoms with Crippen molar-refractivity contribution in [2.24, 2.45) is 0 Å². The molecule has 0 radical (unpaired) electrons. The van der Waals surface area contributed by atoms with Crippen LogP contribution in [0.25, 0.3) is 0 Å². The van der Waals surface area contributed by atoms with E-state index in [0.717, 1.165) is 16.9 Å².